The predicted octanol–water partition coefficient (Wildman–Crippen LogP) is 5.63. The van der Waals surface area contributed by atoms with Gasteiger partial charge in [0, 0.05) is 11.1 Å². The van der Waals surface area contributed by atoms with E-state index in [9.17, 15) is 4.79 Å². The van der Waals surface area contributed by atoms with E-state index in [1.54, 1.807) is 14.2 Å². The molecular formula is C27H22O4. The van der Waals surface area contributed by atoms with Crippen molar-refractivity contribution in [2.75, 3.05) is 14.2 Å². The van der Waals surface area contributed by atoms with Gasteiger partial charge in [0.05, 0.1) is 20.1 Å². The molecule has 0 bridgehead atoms. The highest BCUT2D eigenvalue weighted by Crippen LogP contribution is 2.47. The number of Topliss-reactive ketones (excluding diaryl/α,β-unsaturated/α-hetero) is 1. The number of rotatable bonds is 5. The van der Waals surface area contributed by atoms with Crippen LogP contribution in [-0.4, -0.2) is 26.1 Å². The van der Waals surface area contributed by atoms with E-state index in [1.807, 2.05) is 84.9 Å². The van der Waals surface area contributed by atoms with Crippen LogP contribution in [0.25, 0.3) is 10.8 Å². The van der Waals surface area contributed by atoms with Gasteiger partial charge in [0.15, 0.2) is 6.10 Å². The summed E-state index contributed by atoms with van der Waals surface area (Å²) in [4.78, 5) is 13.5. The van der Waals surface area contributed by atoms with Crippen LogP contribution in [0.3, 0.4) is 0 Å². The molecule has 4 heteroatoms. The van der Waals surface area contributed by atoms with Crippen molar-refractivity contribution in [1.29, 1.82) is 0 Å². The topological polar surface area (TPSA) is 44.8 Å². The maximum atomic E-state index is 13.5. The molecule has 5 rings (SSSR count). The molecule has 0 aromatic heterocycles. The van der Waals surface area contributed by atoms with Gasteiger partial charge in [-0.15, -0.1) is 0 Å². The molecule has 0 unspecified atom stereocenters. The Hall–Kier alpha value is -3.79. The summed E-state index contributed by atoms with van der Waals surface area (Å²) < 4.78 is 17.1. The molecule has 1 aliphatic heterocycles. The Morgan fingerprint density at radius 3 is 2.19 bits per heavy atom. The molecule has 0 radical (unpaired) electrons. The summed E-state index contributed by atoms with van der Waals surface area (Å²) in [6, 6.07) is 27.1. The zero-order valence-corrected chi connectivity index (χ0v) is 17.4. The number of ether oxygens (including phenoxy) is 3. The van der Waals surface area contributed by atoms with E-state index in [1.165, 1.54) is 0 Å². The van der Waals surface area contributed by atoms with Crippen LogP contribution >= 0.6 is 0 Å². The third kappa shape index (κ3) is 3.30. The monoisotopic (exact) mass is 410 g/mol. The highest BCUT2D eigenvalue weighted by Gasteiger charge is 2.41. The second kappa shape index (κ2) is 7.80. The van der Waals surface area contributed by atoms with Crippen molar-refractivity contribution in [1.82, 2.24) is 0 Å². The first-order valence-corrected chi connectivity index (χ1v) is 10.2. The van der Waals surface area contributed by atoms with Crippen LogP contribution in [0, 0.1) is 0 Å². The van der Waals surface area contributed by atoms with Crippen LogP contribution in [0.2, 0.25) is 0 Å². The molecule has 4 aromatic carbocycles. The van der Waals surface area contributed by atoms with Crippen molar-refractivity contribution in [3.63, 3.8) is 0 Å². The number of hydrogen-bond acceptors (Lipinski definition) is 4. The molecule has 4 aromatic rings. The van der Waals surface area contributed by atoms with Crippen molar-refractivity contribution in [3.8, 4) is 17.2 Å². The molecule has 0 amide bonds. The number of carbonyl (C=O) groups excluding carboxylic acids is 1. The Balaban J connectivity index is 1.70. The number of benzene rings is 4. The van der Waals surface area contributed by atoms with Crippen molar-refractivity contribution in [3.05, 3.63) is 102 Å². The summed E-state index contributed by atoms with van der Waals surface area (Å²) >= 11 is 0. The van der Waals surface area contributed by atoms with Crippen LogP contribution in [0.5, 0.6) is 17.2 Å². The lowest BCUT2D eigenvalue weighted by atomic mass is 9.83. The van der Waals surface area contributed by atoms with Gasteiger partial charge in [-0.2, -0.15) is 0 Å². The lowest BCUT2D eigenvalue weighted by molar-refractivity contribution is 0.0807. The van der Waals surface area contributed by atoms with Crippen molar-refractivity contribution in [2.45, 2.75) is 12.0 Å². The largest absolute Gasteiger partial charge is 0.497 e. The minimum absolute atomic E-state index is 0.0336. The van der Waals surface area contributed by atoms with Gasteiger partial charge < -0.3 is 14.2 Å². The SMILES string of the molecule is COc1ccc([C@H]2c3c(ccc4ccc(OC)cc34)O[C@H]2C(=O)c2ccccc2)cc1. The number of hydrogen-bond donors (Lipinski definition) is 0. The number of methoxy groups -OCH3 is 2. The summed E-state index contributed by atoms with van der Waals surface area (Å²) in [5, 5.41) is 2.11. The van der Waals surface area contributed by atoms with Crippen molar-refractivity contribution >= 4 is 16.6 Å². The molecule has 0 N–H and O–H groups in total. The highest BCUT2D eigenvalue weighted by molar-refractivity contribution is 6.02. The van der Waals surface area contributed by atoms with Gasteiger partial charge in [-0.1, -0.05) is 54.6 Å². The molecule has 4 nitrogen and oxygen atoms in total. The summed E-state index contributed by atoms with van der Waals surface area (Å²) in [6.07, 6.45) is -0.650. The van der Waals surface area contributed by atoms with Gasteiger partial charge in [-0.3, -0.25) is 4.79 Å². The Morgan fingerprint density at radius 2 is 1.48 bits per heavy atom. The minimum atomic E-state index is -0.650. The first-order valence-electron chi connectivity index (χ1n) is 10.2. The van der Waals surface area contributed by atoms with Gasteiger partial charge in [0.1, 0.15) is 17.2 Å². The maximum Gasteiger partial charge on any atom is 0.204 e. The zero-order chi connectivity index (χ0) is 21.4. The third-order valence-corrected chi connectivity index (χ3v) is 5.89. The zero-order valence-electron chi connectivity index (χ0n) is 17.4. The fourth-order valence-electron chi connectivity index (χ4n) is 4.33. The van der Waals surface area contributed by atoms with Crippen LogP contribution in [0.15, 0.2) is 84.9 Å². The van der Waals surface area contributed by atoms with Crippen LogP contribution in [-0.2, 0) is 0 Å². The lowest BCUT2D eigenvalue weighted by Gasteiger charge is -2.20. The molecular weight excluding hydrogens is 388 g/mol. The second-order valence-corrected chi connectivity index (χ2v) is 7.58. The van der Waals surface area contributed by atoms with E-state index in [2.05, 4.69) is 0 Å². The highest BCUT2D eigenvalue weighted by atomic mass is 16.5. The van der Waals surface area contributed by atoms with Gasteiger partial charge in [-0.05, 0) is 46.7 Å². The Kier molecular flexibility index (Phi) is 4.83. The molecule has 0 fully saturated rings. The number of ketones is 1. The number of fused-ring (bicyclic) bond motifs is 3. The van der Waals surface area contributed by atoms with Gasteiger partial charge in [0.25, 0.3) is 0 Å². The second-order valence-electron chi connectivity index (χ2n) is 7.58. The molecule has 154 valence electrons. The van der Waals surface area contributed by atoms with E-state index in [0.29, 0.717) is 5.56 Å². The van der Waals surface area contributed by atoms with E-state index in [0.717, 1.165) is 39.1 Å². The van der Waals surface area contributed by atoms with Crippen molar-refractivity contribution < 1.29 is 19.0 Å². The lowest BCUT2D eigenvalue weighted by Crippen LogP contribution is -2.30. The molecule has 31 heavy (non-hydrogen) atoms. The fraction of sp³-hybridized carbons (Fsp3) is 0.148. The summed E-state index contributed by atoms with van der Waals surface area (Å²) in [6.45, 7) is 0. The van der Waals surface area contributed by atoms with E-state index in [4.69, 9.17) is 14.2 Å². The molecule has 0 saturated carbocycles. The average molecular weight is 410 g/mol. The predicted molar refractivity (Wildman–Crippen MR) is 121 cm³/mol. The smallest absolute Gasteiger partial charge is 0.204 e. The first kappa shape index (κ1) is 19.2. The fourth-order valence-corrected chi connectivity index (χ4v) is 4.33. The molecule has 0 saturated heterocycles. The first-order chi connectivity index (χ1) is 15.2. The quantitative estimate of drug-likeness (QED) is 0.400. The molecule has 1 heterocycles. The normalized spacial score (nSPS) is 17.1. The standard InChI is InChI=1S/C27H22O4/c1-29-20-12-9-18(10-13-20)24-25-22-16-21(30-2)14-8-17(22)11-15-23(25)31-27(24)26(28)19-6-4-3-5-7-19/h3-16,24,27H,1-2H3/t24-,27+/m0/s1. The minimum Gasteiger partial charge on any atom is -0.497 e. The van der Waals surface area contributed by atoms with Gasteiger partial charge in [-0.25, -0.2) is 0 Å². The third-order valence-electron chi connectivity index (χ3n) is 5.89. The Bertz CT molecular complexity index is 1250. The van der Waals surface area contributed by atoms with E-state index in [-0.39, 0.29) is 11.7 Å². The Labute approximate surface area is 181 Å². The van der Waals surface area contributed by atoms with E-state index < -0.39 is 6.10 Å². The number of carbonyl (C=O) groups is 1. The van der Waals surface area contributed by atoms with Gasteiger partial charge >= 0.3 is 0 Å². The van der Waals surface area contributed by atoms with Crippen LogP contribution in [0.4, 0.5) is 0 Å². The molecule has 0 aliphatic carbocycles. The van der Waals surface area contributed by atoms with Crippen LogP contribution in [0.1, 0.15) is 27.4 Å². The maximum absolute atomic E-state index is 13.5. The molecule has 1 aliphatic rings. The Morgan fingerprint density at radius 1 is 0.806 bits per heavy atom. The van der Waals surface area contributed by atoms with Crippen molar-refractivity contribution in [2.24, 2.45) is 0 Å². The van der Waals surface area contributed by atoms with Crippen LogP contribution < -0.4 is 14.2 Å². The molecule has 2 atom stereocenters. The van der Waals surface area contributed by atoms with Gasteiger partial charge in [0.2, 0.25) is 5.78 Å². The average Bonchev–Trinajstić information content (AvgIpc) is 3.24. The van der Waals surface area contributed by atoms with E-state index >= 15 is 0 Å². The summed E-state index contributed by atoms with van der Waals surface area (Å²) in [5.41, 5.74) is 2.65. The molecule has 0 spiro atoms. The summed E-state index contributed by atoms with van der Waals surface area (Å²) in [5.74, 6) is 1.99. The summed E-state index contributed by atoms with van der Waals surface area (Å²) in [7, 11) is 3.30.